The van der Waals surface area contributed by atoms with E-state index in [0.717, 1.165) is 22.3 Å². The summed E-state index contributed by atoms with van der Waals surface area (Å²) in [5.41, 5.74) is 3.40. The van der Waals surface area contributed by atoms with Gasteiger partial charge in [0.1, 0.15) is 41.2 Å². The number of benzene rings is 2. The van der Waals surface area contributed by atoms with E-state index in [4.69, 9.17) is 14.5 Å². The molecule has 6 rings (SSSR count). The maximum Gasteiger partial charge on any atom is 0.320 e. The van der Waals surface area contributed by atoms with Crippen molar-refractivity contribution >= 4 is 45.3 Å². The molecule has 11 nitrogen and oxygen atoms in total. The normalized spacial score (nSPS) is 13.5. The second-order valence-corrected chi connectivity index (χ2v) is 9.90. The smallest absolute Gasteiger partial charge is 0.320 e. The first kappa shape index (κ1) is 27.8. The number of piperazine rings is 1. The third kappa shape index (κ3) is 5.48. The molecule has 1 amide bonds. The number of halogens is 2. The van der Waals surface area contributed by atoms with Gasteiger partial charge >= 0.3 is 6.55 Å². The number of nitrogens with zero attached hydrogens (tertiary/aromatic N) is 7. The molecular weight excluding hydrogens is 558 g/mol. The monoisotopic (exact) mass is 586 g/mol. The number of rotatable bonds is 8. The topological polar surface area (TPSA) is 111 Å². The Kier molecular flexibility index (Phi) is 7.45. The molecule has 1 saturated heterocycles. The van der Waals surface area contributed by atoms with Gasteiger partial charge < -0.3 is 24.6 Å². The number of nitrogens with one attached hydrogen (secondary N) is 1. The predicted octanol–water partition coefficient (Wildman–Crippen LogP) is 5.46. The number of alkyl halides is 2. The summed E-state index contributed by atoms with van der Waals surface area (Å²) in [6, 6.07) is 12.2. The summed E-state index contributed by atoms with van der Waals surface area (Å²) < 4.78 is 38.9. The Bertz CT molecular complexity index is 1840. The van der Waals surface area contributed by atoms with Crippen molar-refractivity contribution in [2.45, 2.75) is 13.5 Å². The second kappa shape index (κ2) is 11.5. The third-order valence-electron chi connectivity index (χ3n) is 7.29. The largest absolute Gasteiger partial charge is 0.494 e. The number of aromatic nitrogens is 5. The summed E-state index contributed by atoms with van der Waals surface area (Å²) in [7, 11) is 1.55. The van der Waals surface area contributed by atoms with Crippen LogP contribution in [0.25, 0.3) is 22.1 Å². The van der Waals surface area contributed by atoms with Crippen LogP contribution in [0.3, 0.4) is 0 Å². The van der Waals surface area contributed by atoms with Crippen molar-refractivity contribution in [2.75, 3.05) is 43.5 Å². The van der Waals surface area contributed by atoms with E-state index in [0.29, 0.717) is 77.0 Å². The maximum absolute atomic E-state index is 13.2. The summed E-state index contributed by atoms with van der Waals surface area (Å²) in [4.78, 5) is 33.6. The van der Waals surface area contributed by atoms with Crippen LogP contribution in [0.5, 0.6) is 17.2 Å². The highest BCUT2D eigenvalue weighted by Gasteiger charge is 2.21. The number of pyridine rings is 1. The fraction of sp³-hybridized carbons (Fsp3) is 0.233. The molecule has 1 aliphatic rings. The van der Waals surface area contributed by atoms with Crippen LogP contribution >= 0.6 is 0 Å². The van der Waals surface area contributed by atoms with Crippen molar-refractivity contribution in [2.24, 2.45) is 0 Å². The Balaban J connectivity index is 1.25. The van der Waals surface area contributed by atoms with Gasteiger partial charge in [-0.25, -0.2) is 19.9 Å². The SMILES string of the molecule is C=CC(=O)N1CCN(c2ccc3ncnc(Nc4cc(C)c(Oc5ccc6c(c5)ncn6C(F)F)cc4OC)c3n2)CC1. The minimum atomic E-state index is -2.68. The van der Waals surface area contributed by atoms with Gasteiger partial charge in [-0.15, -0.1) is 0 Å². The predicted molar refractivity (Wildman–Crippen MR) is 158 cm³/mol. The summed E-state index contributed by atoms with van der Waals surface area (Å²) >= 11 is 0. The molecular formula is C30H28F2N8O3. The number of imidazole rings is 1. The lowest BCUT2D eigenvalue weighted by atomic mass is 10.1. The first-order chi connectivity index (χ1) is 20.8. The molecule has 0 bridgehead atoms. The molecule has 0 atom stereocenters. The first-order valence-electron chi connectivity index (χ1n) is 13.5. The highest BCUT2D eigenvalue weighted by Crippen LogP contribution is 2.38. The number of hydrogen-bond donors (Lipinski definition) is 1. The van der Waals surface area contributed by atoms with Crippen LogP contribution in [-0.4, -0.2) is 68.6 Å². The van der Waals surface area contributed by atoms with Crippen LogP contribution in [0.2, 0.25) is 0 Å². The Morgan fingerprint density at radius 2 is 1.84 bits per heavy atom. The fourth-order valence-electron chi connectivity index (χ4n) is 5.01. The Morgan fingerprint density at radius 3 is 2.58 bits per heavy atom. The van der Waals surface area contributed by atoms with Gasteiger partial charge in [-0.2, -0.15) is 8.78 Å². The molecule has 1 fully saturated rings. The van der Waals surface area contributed by atoms with Gasteiger partial charge in [0, 0.05) is 38.3 Å². The van der Waals surface area contributed by atoms with Crippen LogP contribution in [0.1, 0.15) is 12.1 Å². The summed E-state index contributed by atoms with van der Waals surface area (Å²) in [5, 5.41) is 3.34. The minimum Gasteiger partial charge on any atom is -0.494 e. The zero-order valence-corrected chi connectivity index (χ0v) is 23.5. The molecule has 0 spiro atoms. The van der Waals surface area contributed by atoms with Crippen LogP contribution < -0.4 is 19.7 Å². The van der Waals surface area contributed by atoms with Crippen molar-refractivity contribution < 1.29 is 23.0 Å². The van der Waals surface area contributed by atoms with Crippen LogP contribution in [-0.2, 0) is 4.79 Å². The van der Waals surface area contributed by atoms with Gasteiger partial charge in [0.05, 0.1) is 29.3 Å². The average molecular weight is 587 g/mol. The molecule has 4 heterocycles. The molecule has 1 aliphatic heterocycles. The van der Waals surface area contributed by atoms with Crippen molar-refractivity contribution in [3.05, 3.63) is 73.3 Å². The number of anilines is 3. The molecule has 0 radical (unpaired) electrons. The molecule has 3 aromatic heterocycles. The number of amides is 1. The summed E-state index contributed by atoms with van der Waals surface area (Å²) in [6.07, 6.45) is 3.91. The van der Waals surface area contributed by atoms with Crippen molar-refractivity contribution in [3.8, 4) is 17.2 Å². The quantitative estimate of drug-likeness (QED) is 0.237. The molecule has 1 N–H and O–H groups in total. The van der Waals surface area contributed by atoms with Crippen molar-refractivity contribution in [1.29, 1.82) is 0 Å². The molecule has 2 aromatic carbocycles. The molecule has 13 heteroatoms. The summed E-state index contributed by atoms with van der Waals surface area (Å²) in [5.74, 6) is 2.66. The molecule has 220 valence electrons. The number of fused-ring (bicyclic) bond motifs is 2. The number of ether oxygens (including phenoxy) is 2. The van der Waals surface area contributed by atoms with E-state index in [1.54, 1.807) is 36.3 Å². The number of aryl methyl sites for hydroxylation is 1. The van der Waals surface area contributed by atoms with Crippen molar-refractivity contribution in [1.82, 2.24) is 29.4 Å². The zero-order chi connectivity index (χ0) is 30.1. The average Bonchev–Trinajstić information content (AvgIpc) is 3.46. The standard InChI is InChI=1S/C30H28F2N8O3/c1-4-27(41)39-11-9-38(10-12-39)26-8-6-20-28(37-26)29(34-16-33-20)36-22-13-18(2)24(15-25(22)42-3)43-19-5-7-23-21(14-19)35-17-40(23)30(31)32/h4-8,13-17,30H,1,9-12H2,2-3H3,(H,33,34,36). The van der Waals surface area contributed by atoms with Gasteiger partial charge in [-0.1, -0.05) is 6.58 Å². The number of carbonyl (C=O) groups excluding carboxylic acids is 1. The van der Waals surface area contributed by atoms with Crippen LogP contribution in [0, 0.1) is 6.92 Å². The molecule has 5 aromatic rings. The first-order valence-corrected chi connectivity index (χ1v) is 13.5. The van der Waals surface area contributed by atoms with Crippen LogP contribution in [0.15, 0.2) is 67.8 Å². The second-order valence-electron chi connectivity index (χ2n) is 9.90. The van der Waals surface area contributed by atoms with E-state index in [1.807, 2.05) is 25.1 Å². The number of hydrogen-bond acceptors (Lipinski definition) is 9. The van der Waals surface area contributed by atoms with Gasteiger partial charge in [-0.05, 0) is 48.9 Å². The molecule has 0 aliphatic carbocycles. The highest BCUT2D eigenvalue weighted by atomic mass is 19.3. The van der Waals surface area contributed by atoms with E-state index in [2.05, 4.69) is 31.7 Å². The van der Waals surface area contributed by atoms with E-state index >= 15 is 0 Å². The Labute approximate surface area is 245 Å². The molecule has 0 unspecified atom stereocenters. The molecule has 43 heavy (non-hydrogen) atoms. The van der Waals surface area contributed by atoms with Gasteiger partial charge in [0.2, 0.25) is 5.91 Å². The van der Waals surface area contributed by atoms with Gasteiger partial charge in [0.25, 0.3) is 0 Å². The maximum atomic E-state index is 13.2. The van der Waals surface area contributed by atoms with Crippen LogP contribution in [0.4, 0.5) is 26.1 Å². The number of carbonyl (C=O) groups is 1. The lowest BCUT2D eigenvalue weighted by Crippen LogP contribution is -2.48. The lowest BCUT2D eigenvalue weighted by Gasteiger charge is -2.35. The molecule has 0 saturated carbocycles. The van der Waals surface area contributed by atoms with E-state index < -0.39 is 6.55 Å². The van der Waals surface area contributed by atoms with E-state index in [-0.39, 0.29) is 5.91 Å². The van der Waals surface area contributed by atoms with E-state index in [9.17, 15) is 13.6 Å². The lowest BCUT2D eigenvalue weighted by molar-refractivity contribution is -0.126. The van der Waals surface area contributed by atoms with Gasteiger partial charge in [0.15, 0.2) is 5.82 Å². The fourth-order valence-corrected chi connectivity index (χ4v) is 5.01. The van der Waals surface area contributed by atoms with Gasteiger partial charge in [-0.3, -0.25) is 9.36 Å². The third-order valence-corrected chi connectivity index (χ3v) is 7.29. The number of methoxy groups -OCH3 is 1. The minimum absolute atomic E-state index is 0.0747. The summed E-state index contributed by atoms with van der Waals surface area (Å²) in [6.45, 7) is 5.23. The Hall–Kier alpha value is -5.33. The van der Waals surface area contributed by atoms with Crippen molar-refractivity contribution in [3.63, 3.8) is 0 Å². The highest BCUT2D eigenvalue weighted by molar-refractivity contribution is 5.89. The van der Waals surface area contributed by atoms with E-state index in [1.165, 1.54) is 12.4 Å². The zero-order valence-electron chi connectivity index (χ0n) is 23.5. The Morgan fingerprint density at radius 1 is 1.02 bits per heavy atom.